The van der Waals surface area contributed by atoms with Gasteiger partial charge in [-0.25, -0.2) is 8.42 Å². The number of fused-ring (bicyclic) bond motifs is 1. The Hall–Kier alpha value is -2.03. The highest BCUT2D eigenvalue weighted by molar-refractivity contribution is 7.99. The van der Waals surface area contributed by atoms with E-state index in [1.165, 1.54) is 30.9 Å². The van der Waals surface area contributed by atoms with Gasteiger partial charge in [-0.15, -0.1) is 11.8 Å². The van der Waals surface area contributed by atoms with Crippen molar-refractivity contribution in [3.8, 4) is 0 Å². The number of likely N-dealkylation sites (tertiary alicyclic amines) is 1. The normalized spacial score (nSPS) is 20.2. The first-order valence-electron chi connectivity index (χ1n) is 10.3. The Kier molecular flexibility index (Phi) is 6.36. The lowest BCUT2D eigenvalue weighted by molar-refractivity contribution is -0.118. The first kappa shape index (κ1) is 21.2. The van der Waals surface area contributed by atoms with E-state index in [9.17, 15) is 13.2 Å². The van der Waals surface area contributed by atoms with Crippen molar-refractivity contribution < 1.29 is 13.2 Å². The summed E-state index contributed by atoms with van der Waals surface area (Å²) in [7, 11) is -3.75. The Morgan fingerprint density at radius 1 is 1.10 bits per heavy atom. The molecule has 2 aromatic carbocycles. The summed E-state index contributed by atoms with van der Waals surface area (Å²) in [4.78, 5) is 15.6. The van der Waals surface area contributed by atoms with Gasteiger partial charge in [-0.05, 0) is 61.8 Å². The third kappa shape index (κ3) is 4.99. The Bertz CT molecular complexity index is 1020. The predicted molar refractivity (Wildman–Crippen MR) is 121 cm³/mol. The number of nitrogens with one attached hydrogen (secondary N) is 2. The van der Waals surface area contributed by atoms with Gasteiger partial charge >= 0.3 is 0 Å². The van der Waals surface area contributed by atoms with Crippen LogP contribution in [0.1, 0.15) is 31.7 Å². The summed E-state index contributed by atoms with van der Waals surface area (Å²) in [6.07, 6.45) is 3.80. The van der Waals surface area contributed by atoms with Gasteiger partial charge in [-0.1, -0.05) is 25.5 Å². The van der Waals surface area contributed by atoms with Crippen LogP contribution < -0.4 is 10.0 Å². The topological polar surface area (TPSA) is 78.5 Å². The Morgan fingerprint density at radius 2 is 1.83 bits per heavy atom. The summed E-state index contributed by atoms with van der Waals surface area (Å²) in [5.41, 5.74) is 2.26. The van der Waals surface area contributed by atoms with Crippen molar-refractivity contribution in [1.82, 2.24) is 4.90 Å². The van der Waals surface area contributed by atoms with Gasteiger partial charge in [0.25, 0.3) is 10.0 Å². The van der Waals surface area contributed by atoms with E-state index in [0.29, 0.717) is 17.1 Å². The van der Waals surface area contributed by atoms with Crippen molar-refractivity contribution in [2.45, 2.75) is 42.5 Å². The maximum atomic E-state index is 12.9. The number of thioether (sulfide) groups is 1. The summed E-state index contributed by atoms with van der Waals surface area (Å²) < 4.78 is 28.4. The summed E-state index contributed by atoms with van der Waals surface area (Å²) in [6, 6.07) is 12.4. The summed E-state index contributed by atoms with van der Waals surface area (Å²) in [5, 5.41) is 2.84. The summed E-state index contributed by atoms with van der Waals surface area (Å²) in [6.45, 7) is 5.01. The molecule has 0 radical (unpaired) electrons. The van der Waals surface area contributed by atoms with Crippen molar-refractivity contribution in [3.63, 3.8) is 0 Å². The molecule has 0 bridgehead atoms. The van der Waals surface area contributed by atoms with Crippen LogP contribution in [0.3, 0.4) is 0 Å². The second kappa shape index (κ2) is 8.99. The molecule has 160 valence electrons. The van der Waals surface area contributed by atoms with Gasteiger partial charge in [0.05, 0.1) is 10.6 Å². The fraction of sp³-hybridized carbons (Fsp3) is 0.409. The Balaban J connectivity index is 1.46. The average Bonchev–Trinajstić information content (AvgIpc) is 2.88. The van der Waals surface area contributed by atoms with Crippen LogP contribution in [-0.4, -0.2) is 38.1 Å². The van der Waals surface area contributed by atoms with Crippen molar-refractivity contribution in [3.05, 3.63) is 48.0 Å². The van der Waals surface area contributed by atoms with Gasteiger partial charge in [0, 0.05) is 28.8 Å². The van der Waals surface area contributed by atoms with Gasteiger partial charge in [0.2, 0.25) is 5.91 Å². The lowest BCUT2D eigenvalue weighted by atomic mass is 10.1. The van der Waals surface area contributed by atoms with Crippen LogP contribution in [0.25, 0.3) is 0 Å². The van der Waals surface area contributed by atoms with Crippen LogP contribution in [0.5, 0.6) is 0 Å². The predicted octanol–water partition coefficient (Wildman–Crippen LogP) is 4.15. The van der Waals surface area contributed by atoms with Crippen LogP contribution in [0.4, 0.5) is 11.4 Å². The van der Waals surface area contributed by atoms with Crippen molar-refractivity contribution in [2.75, 3.05) is 28.9 Å². The van der Waals surface area contributed by atoms with Gasteiger partial charge in [0.15, 0.2) is 0 Å². The molecule has 6 nitrogen and oxygen atoms in total. The molecule has 1 amide bonds. The Morgan fingerprint density at radius 3 is 2.57 bits per heavy atom. The lowest BCUT2D eigenvalue weighted by Gasteiger charge is -2.26. The van der Waals surface area contributed by atoms with Gasteiger partial charge in [0.1, 0.15) is 0 Å². The lowest BCUT2D eigenvalue weighted by Crippen LogP contribution is -2.29. The number of sulfonamides is 1. The van der Waals surface area contributed by atoms with Crippen LogP contribution in [-0.2, 0) is 21.4 Å². The number of hydrogen-bond donors (Lipinski definition) is 2. The summed E-state index contributed by atoms with van der Waals surface area (Å²) in [5.74, 6) is 0.463. The minimum atomic E-state index is -3.75. The van der Waals surface area contributed by atoms with E-state index >= 15 is 0 Å². The number of rotatable bonds is 5. The smallest absolute Gasteiger partial charge is 0.261 e. The van der Waals surface area contributed by atoms with E-state index in [2.05, 4.69) is 14.9 Å². The van der Waals surface area contributed by atoms with Crippen LogP contribution >= 0.6 is 11.8 Å². The number of nitrogens with zero attached hydrogens (tertiary/aromatic N) is 1. The molecular weight excluding hydrogens is 418 g/mol. The molecule has 1 saturated heterocycles. The first-order chi connectivity index (χ1) is 14.4. The number of carbonyl (C=O) groups excluding carboxylic acids is 1. The molecule has 2 heterocycles. The van der Waals surface area contributed by atoms with Crippen molar-refractivity contribution in [2.24, 2.45) is 5.92 Å². The zero-order chi connectivity index (χ0) is 21.1. The second-order valence-corrected chi connectivity index (χ2v) is 10.7. The Labute approximate surface area is 182 Å². The molecule has 2 aliphatic heterocycles. The second-order valence-electron chi connectivity index (χ2n) is 8.00. The zero-order valence-electron chi connectivity index (χ0n) is 17.1. The molecular formula is C22H27N3O3S2. The molecule has 0 spiro atoms. The first-order valence-corrected chi connectivity index (χ1v) is 12.8. The minimum absolute atomic E-state index is 0.0898. The number of carbonyl (C=O) groups is 1. The van der Waals surface area contributed by atoms with E-state index in [1.54, 1.807) is 36.0 Å². The maximum absolute atomic E-state index is 12.9. The molecule has 0 unspecified atom stereocenters. The number of amides is 1. The molecule has 1 atom stereocenters. The number of piperidine rings is 1. The summed E-state index contributed by atoms with van der Waals surface area (Å²) >= 11 is 1.56. The molecule has 30 heavy (non-hydrogen) atoms. The third-order valence-corrected chi connectivity index (χ3v) is 8.23. The highest BCUT2D eigenvalue weighted by atomic mass is 32.2. The fourth-order valence-corrected chi connectivity index (χ4v) is 5.81. The molecule has 0 aromatic heterocycles. The molecule has 2 aromatic rings. The molecule has 0 aliphatic carbocycles. The SMILES string of the molecule is C[C@@H]1CSc2ccc(S(=O)(=O)Nc3ccc(CN4CCCCC4)cc3)cc2NC1=O. The van der Waals surface area contributed by atoms with E-state index < -0.39 is 10.0 Å². The highest BCUT2D eigenvalue weighted by Gasteiger charge is 2.23. The van der Waals surface area contributed by atoms with Gasteiger partial charge in [-0.3, -0.25) is 14.4 Å². The van der Waals surface area contributed by atoms with Crippen LogP contribution in [0.2, 0.25) is 0 Å². The number of benzene rings is 2. The molecule has 0 saturated carbocycles. The molecule has 1 fully saturated rings. The van der Waals surface area contributed by atoms with Crippen molar-refractivity contribution in [1.29, 1.82) is 0 Å². The van der Waals surface area contributed by atoms with Gasteiger partial charge < -0.3 is 5.32 Å². The van der Waals surface area contributed by atoms with E-state index in [1.807, 2.05) is 19.1 Å². The average molecular weight is 446 g/mol. The van der Waals surface area contributed by atoms with Gasteiger partial charge in [-0.2, -0.15) is 0 Å². The minimum Gasteiger partial charge on any atom is -0.325 e. The van der Waals surface area contributed by atoms with Crippen LogP contribution in [0, 0.1) is 5.92 Å². The maximum Gasteiger partial charge on any atom is 0.261 e. The van der Waals surface area contributed by atoms with Crippen molar-refractivity contribution >= 4 is 39.1 Å². The highest BCUT2D eigenvalue weighted by Crippen LogP contribution is 2.34. The largest absolute Gasteiger partial charge is 0.325 e. The number of anilines is 2. The quantitative estimate of drug-likeness (QED) is 0.723. The van der Waals surface area contributed by atoms with E-state index in [0.717, 1.165) is 24.5 Å². The molecule has 2 aliphatic rings. The standard InChI is InChI=1S/C22H27N3O3S2/c1-16-15-29-21-10-9-19(13-20(21)23-22(16)26)30(27,28)24-18-7-5-17(6-8-18)14-25-11-3-2-4-12-25/h5-10,13,16,24H,2-4,11-12,14-15H2,1H3,(H,23,26)/t16-/m1/s1. The fourth-order valence-electron chi connectivity index (χ4n) is 3.71. The third-order valence-electron chi connectivity index (χ3n) is 5.52. The monoisotopic (exact) mass is 445 g/mol. The zero-order valence-corrected chi connectivity index (χ0v) is 18.7. The molecule has 2 N–H and O–H groups in total. The number of hydrogen-bond acceptors (Lipinski definition) is 5. The van der Waals surface area contributed by atoms with Crippen LogP contribution in [0.15, 0.2) is 52.3 Å². The van der Waals surface area contributed by atoms with E-state index in [-0.39, 0.29) is 16.7 Å². The van der Waals surface area contributed by atoms with E-state index in [4.69, 9.17) is 0 Å². The molecule has 4 rings (SSSR count). The molecule has 8 heteroatoms.